The van der Waals surface area contributed by atoms with E-state index in [-0.39, 0.29) is 17.7 Å². The van der Waals surface area contributed by atoms with Gasteiger partial charge in [0.15, 0.2) is 0 Å². The zero-order chi connectivity index (χ0) is 19.1. The molecule has 0 aliphatic carbocycles. The zero-order valence-corrected chi connectivity index (χ0v) is 16.5. The van der Waals surface area contributed by atoms with Crippen LogP contribution in [0, 0.1) is 12.3 Å². The van der Waals surface area contributed by atoms with Gasteiger partial charge in [0.2, 0.25) is 0 Å². The van der Waals surface area contributed by atoms with E-state index in [2.05, 4.69) is 22.2 Å². The first kappa shape index (κ1) is 18.1. The first-order valence-electron chi connectivity index (χ1n) is 9.36. The maximum atomic E-state index is 12.7. The monoisotopic (exact) mass is 383 g/mol. The number of amides is 1. The van der Waals surface area contributed by atoms with Crippen LogP contribution in [0.2, 0.25) is 0 Å². The summed E-state index contributed by atoms with van der Waals surface area (Å²) in [5.74, 6) is -0.344. The molecule has 4 rings (SSSR count). The van der Waals surface area contributed by atoms with Gasteiger partial charge in [-0.05, 0) is 57.9 Å². The SMILES string of the molecule is Cc1csc(-c2ccc(N)c(C(=N)C(=O)NC3CC4CCC(C3)N4C)c2)n1. The lowest BCUT2D eigenvalue weighted by molar-refractivity contribution is -0.115. The number of fused-ring (bicyclic) bond motifs is 2. The lowest BCUT2D eigenvalue weighted by Gasteiger charge is -2.36. The fourth-order valence-corrected chi connectivity index (χ4v) is 5.10. The minimum atomic E-state index is -0.344. The van der Waals surface area contributed by atoms with Gasteiger partial charge < -0.3 is 16.0 Å². The van der Waals surface area contributed by atoms with E-state index in [0.29, 0.717) is 23.3 Å². The minimum Gasteiger partial charge on any atom is -0.398 e. The number of carbonyl (C=O) groups is 1. The number of nitrogen functional groups attached to an aromatic ring is 1. The molecule has 4 N–H and O–H groups in total. The van der Waals surface area contributed by atoms with E-state index >= 15 is 0 Å². The molecule has 1 aromatic heterocycles. The van der Waals surface area contributed by atoms with E-state index in [1.165, 1.54) is 12.8 Å². The van der Waals surface area contributed by atoms with Crippen molar-refractivity contribution in [2.75, 3.05) is 12.8 Å². The molecular formula is C20H25N5OS. The summed E-state index contributed by atoms with van der Waals surface area (Å²) >= 11 is 1.55. The van der Waals surface area contributed by atoms with Crippen molar-refractivity contribution in [1.82, 2.24) is 15.2 Å². The number of hydrogen-bond donors (Lipinski definition) is 3. The molecule has 2 atom stereocenters. The highest BCUT2D eigenvalue weighted by Gasteiger charge is 2.39. The first-order valence-corrected chi connectivity index (χ1v) is 10.2. The molecule has 3 heterocycles. The van der Waals surface area contributed by atoms with E-state index in [9.17, 15) is 4.79 Å². The molecule has 2 aromatic rings. The van der Waals surface area contributed by atoms with Gasteiger partial charge in [0.1, 0.15) is 10.7 Å². The van der Waals surface area contributed by atoms with E-state index < -0.39 is 0 Å². The Labute approximate surface area is 163 Å². The van der Waals surface area contributed by atoms with Gasteiger partial charge >= 0.3 is 0 Å². The molecule has 2 fully saturated rings. The van der Waals surface area contributed by atoms with Crippen LogP contribution in [-0.2, 0) is 4.79 Å². The Morgan fingerprint density at radius 2 is 2.04 bits per heavy atom. The van der Waals surface area contributed by atoms with Crippen molar-refractivity contribution in [1.29, 1.82) is 5.41 Å². The molecule has 0 radical (unpaired) electrons. The number of benzene rings is 1. The van der Waals surface area contributed by atoms with Gasteiger partial charge in [0.05, 0.1) is 0 Å². The molecule has 1 amide bonds. The van der Waals surface area contributed by atoms with Gasteiger partial charge in [-0.25, -0.2) is 4.98 Å². The number of aryl methyl sites for hydroxylation is 1. The Morgan fingerprint density at radius 3 is 2.67 bits per heavy atom. The lowest BCUT2D eigenvalue weighted by Crippen LogP contribution is -2.50. The minimum absolute atomic E-state index is 0.0751. The van der Waals surface area contributed by atoms with Crippen molar-refractivity contribution < 1.29 is 4.79 Å². The van der Waals surface area contributed by atoms with Crippen molar-refractivity contribution in [3.8, 4) is 10.6 Å². The topological polar surface area (TPSA) is 95.1 Å². The van der Waals surface area contributed by atoms with E-state index in [1.54, 1.807) is 23.5 Å². The number of anilines is 1. The molecule has 0 spiro atoms. The maximum absolute atomic E-state index is 12.7. The lowest BCUT2D eigenvalue weighted by atomic mass is 9.97. The highest BCUT2D eigenvalue weighted by Crippen LogP contribution is 2.34. The molecule has 2 aliphatic rings. The molecule has 2 aliphatic heterocycles. The molecule has 1 aromatic carbocycles. The number of carbonyl (C=O) groups excluding carboxylic acids is 1. The second-order valence-electron chi connectivity index (χ2n) is 7.66. The van der Waals surface area contributed by atoms with Crippen LogP contribution in [-0.4, -0.2) is 46.7 Å². The molecule has 2 bridgehead atoms. The standard InChI is InChI=1S/C20H25N5OS/c1-11-10-27-20(23-11)12-3-6-17(21)16(7-12)18(22)19(26)24-13-8-14-4-5-15(9-13)25(14)2/h3,6-7,10,13-15,22H,4-5,8-9,21H2,1-2H3,(H,24,26). The predicted molar refractivity (Wildman–Crippen MR) is 109 cm³/mol. The third kappa shape index (κ3) is 3.49. The van der Waals surface area contributed by atoms with Crippen molar-refractivity contribution in [2.24, 2.45) is 0 Å². The zero-order valence-electron chi connectivity index (χ0n) is 15.7. The van der Waals surface area contributed by atoms with Gasteiger partial charge in [0, 0.05) is 46.0 Å². The summed E-state index contributed by atoms with van der Waals surface area (Å²) < 4.78 is 0. The van der Waals surface area contributed by atoms with Crippen LogP contribution < -0.4 is 11.1 Å². The van der Waals surface area contributed by atoms with E-state index in [4.69, 9.17) is 11.1 Å². The van der Waals surface area contributed by atoms with Gasteiger partial charge in [0.25, 0.3) is 5.91 Å². The third-order valence-corrected chi connectivity index (χ3v) is 6.86. The van der Waals surface area contributed by atoms with Gasteiger partial charge in [-0.15, -0.1) is 11.3 Å². The number of nitrogens with two attached hydrogens (primary N) is 1. The van der Waals surface area contributed by atoms with Crippen LogP contribution in [0.1, 0.15) is 36.9 Å². The first-order chi connectivity index (χ1) is 12.9. The summed E-state index contributed by atoms with van der Waals surface area (Å²) in [6, 6.07) is 6.66. The Hall–Kier alpha value is -2.25. The summed E-state index contributed by atoms with van der Waals surface area (Å²) in [5, 5.41) is 14.3. The summed E-state index contributed by atoms with van der Waals surface area (Å²) in [5.41, 5.74) is 8.74. The summed E-state index contributed by atoms with van der Waals surface area (Å²) in [6.45, 7) is 1.95. The number of nitrogens with one attached hydrogen (secondary N) is 2. The van der Waals surface area contributed by atoms with E-state index in [0.717, 1.165) is 29.1 Å². The normalized spacial score (nSPS) is 24.7. The molecular weight excluding hydrogens is 358 g/mol. The average molecular weight is 384 g/mol. The fourth-order valence-electron chi connectivity index (χ4n) is 4.30. The van der Waals surface area contributed by atoms with Crippen LogP contribution in [0.15, 0.2) is 23.6 Å². The van der Waals surface area contributed by atoms with Crippen molar-refractivity contribution in [3.63, 3.8) is 0 Å². The largest absolute Gasteiger partial charge is 0.398 e. The Bertz CT molecular complexity index is 878. The molecule has 7 heteroatoms. The number of aromatic nitrogens is 1. The second kappa shape index (κ2) is 7.05. The molecule has 2 unspecified atom stereocenters. The van der Waals surface area contributed by atoms with Crippen LogP contribution in [0.25, 0.3) is 10.6 Å². The number of nitrogens with zero attached hydrogens (tertiary/aromatic N) is 2. The molecule has 6 nitrogen and oxygen atoms in total. The highest BCUT2D eigenvalue weighted by atomic mass is 32.1. The quantitative estimate of drug-likeness (QED) is 0.559. The number of piperidine rings is 1. The van der Waals surface area contributed by atoms with Crippen LogP contribution in [0.3, 0.4) is 0 Å². The number of rotatable bonds is 4. The average Bonchev–Trinajstić information content (AvgIpc) is 3.14. The van der Waals surface area contributed by atoms with Gasteiger partial charge in [-0.3, -0.25) is 10.2 Å². The summed E-state index contributed by atoms with van der Waals surface area (Å²) in [7, 11) is 2.18. The van der Waals surface area contributed by atoms with Gasteiger partial charge in [-0.2, -0.15) is 0 Å². The van der Waals surface area contributed by atoms with E-state index in [1.807, 2.05) is 18.4 Å². The molecule has 142 valence electrons. The Balaban J connectivity index is 1.49. The number of hydrogen-bond acceptors (Lipinski definition) is 6. The van der Waals surface area contributed by atoms with Crippen LogP contribution in [0.4, 0.5) is 5.69 Å². The summed E-state index contributed by atoms with van der Waals surface area (Å²) in [6.07, 6.45) is 4.32. The molecule has 2 saturated heterocycles. The maximum Gasteiger partial charge on any atom is 0.270 e. The molecule has 27 heavy (non-hydrogen) atoms. The number of thiazole rings is 1. The Morgan fingerprint density at radius 1 is 1.33 bits per heavy atom. The fraction of sp³-hybridized carbons (Fsp3) is 0.450. The third-order valence-electron chi connectivity index (χ3n) is 5.85. The summed E-state index contributed by atoms with van der Waals surface area (Å²) in [4.78, 5) is 19.6. The predicted octanol–water partition coefficient (Wildman–Crippen LogP) is 2.81. The Kier molecular flexibility index (Phi) is 4.74. The van der Waals surface area contributed by atoms with Gasteiger partial charge in [-0.1, -0.05) is 0 Å². The smallest absolute Gasteiger partial charge is 0.270 e. The van der Waals surface area contributed by atoms with Crippen molar-refractivity contribution >= 4 is 28.6 Å². The van der Waals surface area contributed by atoms with Crippen molar-refractivity contribution in [2.45, 2.75) is 50.7 Å². The second-order valence-corrected chi connectivity index (χ2v) is 8.52. The van der Waals surface area contributed by atoms with Crippen LogP contribution in [0.5, 0.6) is 0 Å². The highest BCUT2D eigenvalue weighted by molar-refractivity contribution is 7.13. The van der Waals surface area contributed by atoms with Crippen LogP contribution >= 0.6 is 11.3 Å². The van der Waals surface area contributed by atoms with Crippen molar-refractivity contribution in [3.05, 3.63) is 34.8 Å². The molecule has 0 saturated carbocycles.